The molecule has 0 heterocycles. The summed E-state index contributed by atoms with van der Waals surface area (Å²) >= 11 is 0. The monoisotopic (exact) mass is 236 g/mol. The van der Waals surface area contributed by atoms with Crippen LogP contribution < -0.4 is 0 Å². The Labute approximate surface area is 100 Å². The fourth-order valence-electron chi connectivity index (χ4n) is 1.43. The molecule has 0 saturated heterocycles. The van der Waals surface area contributed by atoms with Gasteiger partial charge in [-0.1, -0.05) is 30.3 Å². The third kappa shape index (κ3) is 4.00. The first-order valence-electron chi connectivity index (χ1n) is 5.39. The van der Waals surface area contributed by atoms with Crippen LogP contribution in [-0.2, 0) is 19.9 Å². The second-order valence-electron chi connectivity index (χ2n) is 4.20. The molecule has 1 rings (SSSR count). The Morgan fingerprint density at radius 1 is 1.24 bits per heavy atom. The van der Waals surface area contributed by atoms with Gasteiger partial charge in [-0.25, -0.2) is 4.79 Å². The maximum atomic E-state index is 10.9. The zero-order valence-electron chi connectivity index (χ0n) is 9.97. The molecule has 0 aromatic heterocycles. The van der Waals surface area contributed by atoms with Gasteiger partial charge in [-0.3, -0.25) is 4.79 Å². The lowest BCUT2D eigenvalue weighted by molar-refractivity contribution is -0.150. The number of hydrogen-bond donors (Lipinski definition) is 1. The number of ketones is 1. The average Bonchev–Trinajstić information content (AvgIpc) is 2.29. The summed E-state index contributed by atoms with van der Waals surface area (Å²) in [4.78, 5) is 21.2. The standard InChI is InChI=1S/C13H16O4/c1-13(2,10-6-4-3-5-7-10)17-9-8-11(14)12(15)16/h3-7H,8-9H2,1-2H3,(H,15,16). The SMILES string of the molecule is CC(C)(OCCC(=O)C(=O)O)c1ccccc1. The van der Waals surface area contributed by atoms with E-state index in [0.717, 1.165) is 5.56 Å². The molecule has 17 heavy (non-hydrogen) atoms. The second-order valence-corrected chi connectivity index (χ2v) is 4.20. The Morgan fingerprint density at radius 2 is 1.82 bits per heavy atom. The van der Waals surface area contributed by atoms with E-state index in [0.29, 0.717) is 0 Å². The van der Waals surface area contributed by atoms with Crippen LogP contribution >= 0.6 is 0 Å². The number of aliphatic carboxylic acids is 1. The van der Waals surface area contributed by atoms with Gasteiger partial charge in [0.05, 0.1) is 12.2 Å². The lowest BCUT2D eigenvalue weighted by atomic mass is 9.98. The molecule has 0 aliphatic carbocycles. The summed E-state index contributed by atoms with van der Waals surface area (Å²) in [6.45, 7) is 3.87. The normalized spacial score (nSPS) is 11.2. The van der Waals surface area contributed by atoms with Gasteiger partial charge < -0.3 is 9.84 Å². The smallest absolute Gasteiger partial charge is 0.372 e. The average molecular weight is 236 g/mol. The van der Waals surface area contributed by atoms with Crippen molar-refractivity contribution in [3.8, 4) is 0 Å². The molecule has 0 radical (unpaired) electrons. The van der Waals surface area contributed by atoms with Crippen LogP contribution in [0.4, 0.5) is 0 Å². The highest BCUT2D eigenvalue weighted by Crippen LogP contribution is 2.24. The molecular weight excluding hydrogens is 220 g/mol. The van der Waals surface area contributed by atoms with Crippen molar-refractivity contribution >= 4 is 11.8 Å². The number of carboxylic acids is 1. The van der Waals surface area contributed by atoms with Gasteiger partial charge in [0.15, 0.2) is 0 Å². The summed E-state index contributed by atoms with van der Waals surface area (Å²) in [5, 5.41) is 8.42. The fourth-order valence-corrected chi connectivity index (χ4v) is 1.43. The fraction of sp³-hybridized carbons (Fsp3) is 0.385. The highest BCUT2D eigenvalue weighted by Gasteiger charge is 2.21. The van der Waals surface area contributed by atoms with E-state index in [1.54, 1.807) is 0 Å². The zero-order chi connectivity index (χ0) is 12.9. The largest absolute Gasteiger partial charge is 0.475 e. The van der Waals surface area contributed by atoms with E-state index in [1.807, 2.05) is 44.2 Å². The van der Waals surface area contributed by atoms with Crippen LogP contribution in [0.2, 0.25) is 0 Å². The number of Topliss-reactive ketones (excluding diaryl/α,β-unsaturated/α-hetero) is 1. The van der Waals surface area contributed by atoms with Crippen molar-refractivity contribution < 1.29 is 19.4 Å². The Kier molecular flexibility index (Phi) is 4.40. The third-order valence-electron chi connectivity index (χ3n) is 2.50. The van der Waals surface area contributed by atoms with Gasteiger partial charge >= 0.3 is 5.97 Å². The van der Waals surface area contributed by atoms with E-state index in [-0.39, 0.29) is 13.0 Å². The van der Waals surface area contributed by atoms with Gasteiger partial charge in [-0.15, -0.1) is 0 Å². The summed E-state index contributed by atoms with van der Waals surface area (Å²) in [5.41, 5.74) is 0.461. The lowest BCUT2D eigenvalue weighted by Gasteiger charge is -2.25. The highest BCUT2D eigenvalue weighted by molar-refractivity contribution is 6.32. The minimum Gasteiger partial charge on any atom is -0.475 e. The summed E-state index contributed by atoms with van der Waals surface area (Å²) in [6, 6.07) is 9.58. The quantitative estimate of drug-likeness (QED) is 0.767. The maximum Gasteiger partial charge on any atom is 0.372 e. The highest BCUT2D eigenvalue weighted by atomic mass is 16.5. The molecule has 4 heteroatoms. The summed E-state index contributed by atoms with van der Waals surface area (Å²) in [5.74, 6) is -2.24. The third-order valence-corrected chi connectivity index (χ3v) is 2.50. The van der Waals surface area contributed by atoms with E-state index < -0.39 is 17.4 Å². The molecule has 0 fully saturated rings. The van der Waals surface area contributed by atoms with Crippen molar-refractivity contribution in [1.82, 2.24) is 0 Å². The van der Waals surface area contributed by atoms with Crippen LogP contribution in [0, 0.1) is 0 Å². The van der Waals surface area contributed by atoms with Crippen molar-refractivity contribution in [3.63, 3.8) is 0 Å². The van der Waals surface area contributed by atoms with Gasteiger partial charge in [0.25, 0.3) is 0 Å². The van der Waals surface area contributed by atoms with E-state index in [1.165, 1.54) is 0 Å². The second kappa shape index (κ2) is 5.59. The molecule has 0 aliphatic rings. The van der Waals surface area contributed by atoms with E-state index >= 15 is 0 Å². The Morgan fingerprint density at radius 3 is 2.35 bits per heavy atom. The van der Waals surface area contributed by atoms with E-state index in [9.17, 15) is 9.59 Å². The molecule has 0 unspecified atom stereocenters. The number of carbonyl (C=O) groups excluding carboxylic acids is 1. The van der Waals surface area contributed by atoms with Crippen molar-refractivity contribution in [2.75, 3.05) is 6.61 Å². The van der Waals surface area contributed by atoms with Gasteiger partial charge in [0.1, 0.15) is 0 Å². The first-order chi connectivity index (χ1) is 7.93. The number of ether oxygens (including phenoxy) is 1. The zero-order valence-corrected chi connectivity index (χ0v) is 9.97. The van der Waals surface area contributed by atoms with Gasteiger partial charge in [0.2, 0.25) is 5.78 Å². The van der Waals surface area contributed by atoms with Crippen LogP contribution in [0.1, 0.15) is 25.8 Å². The Balaban J connectivity index is 2.51. The van der Waals surface area contributed by atoms with Crippen molar-refractivity contribution in [3.05, 3.63) is 35.9 Å². The van der Waals surface area contributed by atoms with Gasteiger partial charge in [-0.2, -0.15) is 0 Å². The molecule has 1 N–H and O–H groups in total. The van der Waals surface area contributed by atoms with Crippen LogP contribution in [0.5, 0.6) is 0 Å². The predicted molar refractivity (Wildman–Crippen MR) is 62.7 cm³/mol. The van der Waals surface area contributed by atoms with Crippen LogP contribution in [0.15, 0.2) is 30.3 Å². The van der Waals surface area contributed by atoms with Crippen LogP contribution in [-0.4, -0.2) is 23.5 Å². The van der Waals surface area contributed by atoms with Crippen LogP contribution in [0.25, 0.3) is 0 Å². The first-order valence-corrected chi connectivity index (χ1v) is 5.39. The summed E-state index contributed by atoms with van der Waals surface area (Å²) < 4.78 is 5.55. The molecule has 4 nitrogen and oxygen atoms in total. The first kappa shape index (κ1) is 13.4. The molecule has 1 aromatic rings. The Bertz CT molecular complexity index is 395. The van der Waals surface area contributed by atoms with E-state index in [4.69, 9.17) is 9.84 Å². The van der Waals surface area contributed by atoms with Crippen LogP contribution in [0.3, 0.4) is 0 Å². The number of benzene rings is 1. The number of carboxylic acid groups (broad SMARTS) is 1. The van der Waals surface area contributed by atoms with Gasteiger partial charge in [0, 0.05) is 6.42 Å². The molecule has 1 aromatic carbocycles. The maximum absolute atomic E-state index is 10.9. The molecular formula is C13H16O4. The minimum atomic E-state index is -1.41. The number of rotatable bonds is 6. The Hall–Kier alpha value is -1.68. The molecule has 0 amide bonds. The van der Waals surface area contributed by atoms with Crippen molar-refractivity contribution in [2.24, 2.45) is 0 Å². The molecule has 0 aliphatic heterocycles. The summed E-state index contributed by atoms with van der Waals surface area (Å²) in [7, 11) is 0. The number of carbonyl (C=O) groups is 2. The number of hydrogen-bond acceptors (Lipinski definition) is 3. The lowest BCUT2D eigenvalue weighted by Crippen LogP contribution is -2.24. The van der Waals surface area contributed by atoms with Crippen molar-refractivity contribution in [1.29, 1.82) is 0 Å². The molecule has 0 bridgehead atoms. The molecule has 0 spiro atoms. The van der Waals surface area contributed by atoms with Crippen molar-refractivity contribution in [2.45, 2.75) is 25.9 Å². The van der Waals surface area contributed by atoms with E-state index in [2.05, 4.69) is 0 Å². The molecule has 0 saturated carbocycles. The van der Waals surface area contributed by atoms with Gasteiger partial charge in [-0.05, 0) is 19.4 Å². The topological polar surface area (TPSA) is 63.6 Å². The predicted octanol–water partition coefficient (Wildman–Crippen LogP) is 1.98. The molecule has 92 valence electrons. The minimum absolute atomic E-state index is 0.104. The molecule has 0 atom stereocenters. The summed E-state index contributed by atoms with van der Waals surface area (Å²) in [6.07, 6.45) is -0.106.